The molecule has 0 aromatic heterocycles. The van der Waals surface area contributed by atoms with E-state index in [0.717, 1.165) is 12.0 Å². The molecule has 2 atom stereocenters. The Hall–Kier alpha value is -0.860. The highest BCUT2D eigenvalue weighted by Gasteiger charge is 2.04. The van der Waals surface area contributed by atoms with Gasteiger partial charge in [0.25, 0.3) is 0 Å². The van der Waals surface area contributed by atoms with Gasteiger partial charge in [-0.1, -0.05) is 24.3 Å². The van der Waals surface area contributed by atoms with Crippen LogP contribution in [0.2, 0.25) is 0 Å². The lowest BCUT2D eigenvalue weighted by Crippen LogP contribution is -2.08. The maximum absolute atomic E-state index is 9.41. The van der Waals surface area contributed by atoms with Gasteiger partial charge in [0.1, 0.15) is 0 Å². The van der Waals surface area contributed by atoms with E-state index >= 15 is 0 Å². The molecule has 0 radical (unpaired) electrons. The Balaban J connectivity index is 2.73. The monoisotopic (exact) mass is 194 g/mol. The van der Waals surface area contributed by atoms with E-state index in [-0.39, 0.29) is 6.10 Å². The van der Waals surface area contributed by atoms with Gasteiger partial charge in [-0.15, -0.1) is 0 Å². The van der Waals surface area contributed by atoms with Crippen LogP contribution in [0.4, 0.5) is 0 Å². The Morgan fingerprint density at radius 3 is 2.64 bits per heavy atom. The van der Waals surface area contributed by atoms with Gasteiger partial charge >= 0.3 is 0 Å². The number of hydrogen-bond acceptors (Lipinski definition) is 2. The molecular formula is C12H18O2. The van der Waals surface area contributed by atoms with Crippen LogP contribution in [0.15, 0.2) is 24.3 Å². The molecule has 1 aromatic rings. The molecule has 1 N–H and O–H groups in total. The second-order valence-corrected chi connectivity index (χ2v) is 3.67. The molecule has 0 fully saturated rings. The molecule has 78 valence electrons. The van der Waals surface area contributed by atoms with Crippen molar-refractivity contribution in [1.29, 1.82) is 0 Å². The van der Waals surface area contributed by atoms with Crippen LogP contribution in [0.3, 0.4) is 0 Å². The zero-order chi connectivity index (χ0) is 10.6. The summed E-state index contributed by atoms with van der Waals surface area (Å²) >= 11 is 0. The minimum Gasteiger partial charge on any atom is -0.389 e. The average molecular weight is 194 g/mol. The molecule has 0 aliphatic heterocycles. The molecular weight excluding hydrogens is 176 g/mol. The summed E-state index contributed by atoms with van der Waals surface area (Å²) in [5, 5.41) is 9.41. The average Bonchev–Trinajstić information content (AvgIpc) is 2.18. The predicted octanol–water partition coefficient (Wildman–Crippen LogP) is 2.32. The maximum atomic E-state index is 9.41. The molecule has 2 heteroatoms. The number of benzene rings is 1. The largest absolute Gasteiger partial charge is 0.389 e. The maximum Gasteiger partial charge on any atom is 0.0762 e. The number of ether oxygens (including phenoxy) is 1. The molecule has 0 saturated carbocycles. The molecule has 0 amide bonds. The van der Waals surface area contributed by atoms with Gasteiger partial charge < -0.3 is 9.84 Å². The Bertz CT molecular complexity index is 281. The molecule has 1 rings (SSSR count). The quantitative estimate of drug-likeness (QED) is 0.797. The Labute approximate surface area is 85.5 Å². The lowest BCUT2D eigenvalue weighted by atomic mass is 10.0. The van der Waals surface area contributed by atoms with Gasteiger partial charge in [-0.3, -0.25) is 0 Å². The van der Waals surface area contributed by atoms with Crippen molar-refractivity contribution in [3.8, 4) is 0 Å². The summed E-state index contributed by atoms with van der Waals surface area (Å²) in [6.45, 7) is 3.81. The molecule has 0 saturated heterocycles. The molecule has 0 aliphatic carbocycles. The Kier molecular flexibility index (Phi) is 4.11. The number of methoxy groups -OCH3 is 1. The minimum absolute atomic E-state index is 0.222. The van der Waals surface area contributed by atoms with Crippen LogP contribution in [0.1, 0.15) is 31.1 Å². The molecule has 0 spiro atoms. The van der Waals surface area contributed by atoms with Gasteiger partial charge in [-0.05, 0) is 31.4 Å². The van der Waals surface area contributed by atoms with Gasteiger partial charge in [-0.2, -0.15) is 0 Å². The van der Waals surface area contributed by atoms with E-state index in [1.165, 1.54) is 5.56 Å². The Morgan fingerprint density at radius 1 is 1.36 bits per heavy atom. The first kappa shape index (κ1) is 11.2. The highest BCUT2D eigenvalue weighted by atomic mass is 16.5. The third kappa shape index (κ3) is 3.13. The van der Waals surface area contributed by atoms with Crippen molar-refractivity contribution in [2.24, 2.45) is 0 Å². The van der Waals surface area contributed by atoms with E-state index in [9.17, 15) is 5.11 Å². The number of aliphatic hydroxyl groups excluding tert-OH is 1. The summed E-state index contributed by atoms with van der Waals surface area (Å²) in [5.74, 6) is 0. The van der Waals surface area contributed by atoms with E-state index < -0.39 is 6.10 Å². The van der Waals surface area contributed by atoms with Crippen LogP contribution in [-0.4, -0.2) is 18.3 Å². The predicted molar refractivity (Wildman–Crippen MR) is 57.3 cm³/mol. The minimum atomic E-state index is -0.396. The summed E-state index contributed by atoms with van der Waals surface area (Å²) in [5.41, 5.74) is 2.17. The summed E-state index contributed by atoms with van der Waals surface area (Å²) in [6.07, 6.45) is 0.712. The van der Waals surface area contributed by atoms with Crippen LogP contribution in [-0.2, 0) is 11.2 Å². The summed E-state index contributed by atoms with van der Waals surface area (Å²) in [6, 6.07) is 7.99. The zero-order valence-electron chi connectivity index (χ0n) is 9.03. The smallest absolute Gasteiger partial charge is 0.0762 e. The van der Waals surface area contributed by atoms with Crippen LogP contribution in [0, 0.1) is 0 Å². The van der Waals surface area contributed by atoms with Gasteiger partial charge in [0.2, 0.25) is 0 Å². The molecule has 1 aromatic carbocycles. The molecule has 0 aliphatic rings. The first-order valence-corrected chi connectivity index (χ1v) is 4.93. The van der Waals surface area contributed by atoms with Crippen LogP contribution in [0.25, 0.3) is 0 Å². The normalized spacial score (nSPS) is 15.1. The first-order valence-electron chi connectivity index (χ1n) is 4.93. The van der Waals surface area contributed by atoms with E-state index in [1.54, 1.807) is 14.0 Å². The second kappa shape index (κ2) is 5.13. The summed E-state index contributed by atoms with van der Waals surface area (Å²) < 4.78 is 5.19. The van der Waals surface area contributed by atoms with Crippen LogP contribution >= 0.6 is 0 Å². The Morgan fingerprint density at radius 2 is 2.07 bits per heavy atom. The number of aliphatic hydroxyl groups is 1. The van der Waals surface area contributed by atoms with Crippen molar-refractivity contribution in [3.63, 3.8) is 0 Å². The number of hydrogen-bond donors (Lipinski definition) is 1. The van der Waals surface area contributed by atoms with Crippen molar-refractivity contribution in [2.45, 2.75) is 32.5 Å². The fourth-order valence-corrected chi connectivity index (χ4v) is 1.40. The first-order chi connectivity index (χ1) is 6.63. The number of rotatable bonds is 4. The van der Waals surface area contributed by atoms with Crippen molar-refractivity contribution >= 4 is 0 Å². The highest BCUT2D eigenvalue weighted by Crippen LogP contribution is 2.15. The van der Waals surface area contributed by atoms with Crippen molar-refractivity contribution in [1.82, 2.24) is 0 Å². The SMILES string of the molecule is COC(C)Cc1cccc(C(C)O)c1. The summed E-state index contributed by atoms with van der Waals surface area (Å²) in [7, 11) is 1.71. The third-order valence-corrected chi connectivity index (χ3v) is 2.36. The lowest BCUT2D eigenvalue weighted by Gasteiger charge is -2.11. The van der Waals surface area contributed by atoms with Crippen LogP contribution < -0.4 is 0 Å². The highest BCUT2D eigenvalue weighted by molar-refractivity contribution is 5.25. The summed E-state index contributed by atoms with van der Waals surface area (Å²) in [4.78, 5) is 0. The van der Waals surface area contributed by atoms with Gasteiger partial charge in [-0.25, -0.2) is 0 Å². The second-order valence-electron chi connectivity index (χ2n) is 3.67. The third-order valence-electron chi connectivity index (χ3n) is 2.36. The van der Waals surface area contributed by atoms with E-state index in [1.807, 2.05) is 25.1 Å². The van der Waals surface area contributed by atoms with Crippen molar-refractivity contribution in [2.75, 3.05) is 7.11 Å². The topological polar surface area (TPSA) is 29.5 Å². The van der Waals surface area contributed by atoms with Gasteiger partial charge in [0, 0.05) is 7.11 Å². The van der Waals surface area contributed by atoms with E-state index in [2.05, 4.69) is 6.07 Å². The van der Waals surface area contributed by atoms with Gasteiger partial charge in [0.15, 0.2) is 0 Å². The van der Waals surface area contributed by atoms with Gasteiger partial charge in [0.05, 0.1) is 12.2 Å². The molecule has 2 unspecified atom stereocenters. The van der Waals surface area contributed by atoms with E-state index in [4.69, 9.17) is 4.74 Å². The van der Waals surface area contributed by atoms with Crippen LogP contribution in [0.5, 0.6) is 0 Å². The fraction of sp³-hybridized carbons (Fsp3) is 0.500. The molecule has 0 bridgehead atoms. The lowest BCUT2D eigenvalue weighted by molar-refractivity contribution is 0.118. The van der Waals surface area contributed by atoms with Crippen molar-refractivity contribution in [3.05, 3.63) is 35.4 Å². The molecule has 2 nitrogen and oxygen atoms in total. The zero-order valence-corrected chi connectivity index (χ0v) is 9.03. The fourth-order valence-electron chi connectivity index (χ4n) is 1.40. The van der Waals surface area contributed by atoms with Crippen molar-refractivity contribution < 1.29 is 9.84 Å². The standard InChI is InChI=1S/C12H18O2/c1-9(14-3)7-11-5-4-6-12(8-11)10(2)13/h4-6,8-10,13H,7H2,1-3H3. The van der Waals surface area contributed by atoms with E-state index in [0.29, 0.717) is 0 Å². The molecule has 0 heterocycles. The molecule has 14 heavy (non-hydrogen) atoms.